The van der Waals surface area contributed by atoms with E-state index in [1.807, 2.05) is 0 Å². The highest BCUT2D eigenvalue weighted by Crippen LogP contribution is 2.44. The molecule has 0 amide bonds. The van der Waals surface area contributed by atoms with Crippen molar-refractivity contribution in [1.82, 2.24) is 0 Å². The Bertz CT molecular complexity index is 157. The fourth-order valence-electron chi connectivity index (χ4n) is 3.45. The maximum absolute atomic E-state index is 2.48. The molecular formula is C14H28. The number of hydrogen-bond acceptors (Lipinski definition) is 0. The molecule has 0 N–H and O–H groups in total. The third-order valence-electron chi connectivity index (χ3n) is 4.94. The van der Waals surface area contributed by atoms with Crippen LogP contribution in [0.4, 0.5) is 0 Å². The summed E-state index contributed by atoms with van der Waals surface area (Å²) in [7, 11) is 0. The molecule has 0 spiro atoms. The molecule has 1 rings (SSSR count). The predicted octanol–water partition coefficient (Wildman–Crippen LogP) is 4.74. The maximum atomic E-state index is 2.48. The van der Waals surface area contributed by atoms with Crippen molar-refractivity contribution in [3.63, 3.8) is 0 Å². The summed E-state index contributed by atoms with van der Waals surface area (Å²) >= 11 is 0. The largest absolute Gasteiger partial charge is 0.0654 e. The molecule has 0 heterocycles. The Morgan fingerprint density at radius 3 is 1.93 bits per heavy atom. The van der Waals surface area contributed by atoms with E-state index in [1.54, 1.807) is 0 Å². The van der Waals surface area contributed by atoms with Crippen molar-refractivity contribution in [3.05, 3.63) is 0 Å². The summed E-state index contributed by atoms with van der Waals surface area (Å²) in [4.78, 5) is 0. The van der Waals surface area contributed by atoms with E-state index in [9.17, 15) is 0 Å². The first-order valence-corrected chi connectivity index (χ1v) is 6.61. The van der Waals surface area contributed by atoms with Gasteiger partial charge in [0, 0.05) is 0 Å². The van der Waals surface area contributed by atoms with Crippen LogP contribution in [0.1, 0.15) is 60.3 Å². The van der Waals surface area contributed by atoms with Crippen LogP contribution in [0.5, 0.6) is 0 Å². The quantitative estimate of drug-likeness (QED) is 0.611. The molecule has 1 aliphatic carbocycles. The van der Waals surface area contributed by atoms with E-state index in [0.717, 1.165) is 29.6 Å². The van der Waals surface area contributed by atoms with Crippen LogP contribution in [0.15, 0.2) is 0 Å². The van der Waals surface area contributed by atoms with Crippen LogP contribution in [0.3, 0.4) is 0 Å². The molecule has 0 aromatic heterocycles. The summed E-state index contributed by atoms with van der Waals surface area (Å²) in [5.41, 5.74) is 0. The molecule has 1 fully saturated rings. The van der Waals surface area contributed by atoms with Gasteiger partial charge in [0.05, 0.1) is 0 Å². The maximum Gasteiger partial charge on any atom is -0.0383 e. The van der Waals surface area contributed by atoms with Crippen molar-refractivity contribution in [3.8, 4) is 0 Å². The van der Waals surface area contributed by atoms with Crippen LogP contribution >= 0.6 is 0 Å². The third kappa shape index (κ3) is 2.32. The van der Waals surface area contributed by atoms with Gasteiger partial charge in [-0.05, 0) is 36.0 Å². The summed E-state index contributed by atoms with van der Waals surface area (Å²) in [5.74, 6) is 4.84. The molecule has 14 heavy (non-hydrogen) atoms. The Labute approximate surface area is 90.5 Å². The second kappa shape index (κ2) is 5.19. The summed E-state index contributed by atoms with van der Waals surface area (Å²) in [5, 5.41) is 0. The van der Waals surface area contributed by atoms with Gasteiger partial charge in [0.15, 0.2) is 0 Å². The van der Waals surface area contributed by atoms with E-state index < -0.39 is 0 Å². The predicted molar refractivity (Wildman–Crippen MR) is 64.3 cm³/mol. The van der Waals surface area contributed by atoms with Crippen molar-refractivity contribution in [2.24, 2.45) is 29.6 Å². The molecule has 0 aliphatic heterocycles. The molecule has 0 heteroatoms. The molecule has 0 nitrogen and oxygen atoms in total. The molecular weight excluding hydrogens is 168 g/mol. The minimum Gasteiger partial charge on any atom is -0.0654 e. The van der Waals surface area contributed by atoms with Gasteiger partial charge in [-0.2, -0.15) is 0 Å². The molecule has 0 unspecified atom stereocenters. The van der Waals surface area contributed by atoms with E-state index in [4.69, 9.17) is 0 Å². The minimum atomic E-state index is 0.935. The van der Waals surface area contributed by atoms with Crippen LogP contribution in [0.2, 0.25) is 0 Å². The van der Waals surface area contributed by atoms with Gasteiger partial charge in [-0.3, -0.25) is 0 Å². The van der Waals surface area contributed by atoms with Crippen molar-refractivity contribution in [2.75, 3.05) is 0 Å². The van der Waals surface area contributed by atoms with Crippen LogP contribution in [0, 0.1) is 29.6 Å². The molecule has 5 atom stereocenters. The van der Waals surface area contributed by atoms with Crippen LogP contribution in [-0.2, 0) is 0 Å². The molecule has 0 radical (unpaired) electrons. The Morgan fingerprint density at radius 1 is 0.857 bits per heavy atom. The number of rotatable bonds is 3. The molecule has 0 bridgehead atoms. The van der Waals surface area contributed by atoms with Gasteiger partial charge in [0.25, 0.3) is 0 Å². The number of hydrogen-bond donors (Lipinski definition) is 0. The van der Waals surface area contributed by atoms with Gasteiger partial charge in [-0.1, -0.05) is 53.9 Å². The van der Waals surface area contributed by atoms with E-state index in [1.165, 1.54) is 25.7 Å². The van der Waals surface area contributed by atoms with Crippen molar-refractivity contribution < 1.29 is 0 Å². The Balaban J connectivity index is 2.63. The molecule has 0 saturated heterocycles. The zero-order valence-corrected chi connectivity index (χ0v) is 10.7. The highest BCUT2D eigenvalue weighted by atomic mass is 14.4. The Kier molecular flexibility index (Phi) is 4.47. The SMILES string of the molecule is CCC[C@@H]1C[C@H](CC)[C@H](C)[C@H](C)[C@H]1C. The van der Waals surface area contributed by atoms with Gasteiger partial charge >= 0.3 is 0 Å². The second-order valence-electron chi connectivity index (χ2n) is 5.53. The lowest BCUT2D eigenvalue weighted by Crippen LogP contribution is -2.35. The monoisotopic (exact) mass is 196 g/mol. The zero-order chi connectivity index (χ0) is 10.7. The highest BCUT2D eigenvalue weighted by Gasteiger charge is 2.36. The average molecular weight is 196 g/mol. The minimum absolute atomic E-state index is 0.935. The van der Waals surface area contributed by atoms with E-state index in [-0.39, 0.29) is 0 Å². The van der Waals surface area contributed by atoms with Gasteiger partial charge in [-0.25, -0.2) is 0 Å². The zero-order valence-electron chi connectivity index (χ0n) is 10.7. The van der Waals surface area contributed by atoms with Gasteiger partial charge in [0.1, 0.15) is 0 Å². The first-order valence-electron chi connectivity index (χ1n) is 6.61. The average Bonchev–Trinajstić information content (AvgIpc) is 2.19. The van der Waals surface area contributed by atoms with Gasteiger partial charge in [0.2, 0.25) is 0 Å². The first-order chi connectivity index (χ1) is 6.61. The summed E-state index contributed by atoms with van der Waals surface area (Å²) in [6.07, 6.45) is 5.71. The summed E-state index contributed by atoms with van der Waals surface area (Å²) in [6.45, 7) is 12.1. The lowest BCUT2D eigenvalue weighted by atomic mass is 9.62. The third-order valence-corrected chi connectivity index (χ3v) is 4.94. The fraction of sp³-hybridized carbons (Fsp3) is 1.00. The van der Waals surface area contributed by atoms with E-state index in [2.05, 4.69) is 34.6 Å². The fourth-order valence-corrected chi connectivity index (χ4v) is 3.45. The lowest BCUT2D eigenvalue weighted by Gasteiger charge is -2.43. The highest BCUT2D eigenvalue weighted by molar-refractivity contribution is 4.85. The van der Waals surface area contributed by atoms with E-state index >= 15 is 0 Å². The van der Waals surface area contributed by atoms with Crippen LogP contribution in [0.25, 0.3) is 0 Å². The van der Waals surface area contributed by atoms with Crippen LogP contribution in [-0.4, -0.2) is 0 Å². The van der Waals surface area contributed by atoms with Crippen molar-refractivity contribution in [1.29, 1.82) is 0 Å². The summed E-state index contributed by atoms with van der Waals surface area (Å²) in [6, 6.07) is 0. The van der Waals surface area contributed by atoms with Crippen LogP contribution < -0.4 is 0 Å². The van der Waals surface area contributed by atoms with E-state index in [0.29, 0.717) is 0 Å². The topological polar surface area (TPSA) is 0 Å². The molecule has 84 valence electrons. The molecule has 1 saturated carbocycles. The molecule has 1 aliphatic rings. The van der Waals surface area contributed by atoms with Crippen molar-refractivity contribution >= 4 is 0 Å². The van der Waals surface area contributed by atoms with Gasteiger partial charge in [-0.15, -0.1) is 0 Å². The Morgan fingerprint density at radius 2 is 1.43 bits per heavy atom. The molecule has 0 aromatic rings. The smallest absolute Gasteiger partial charge is 0.0383 e. The van der Waals surface area contributed by atoms with Crippen molar-refractivity contribution in [2.45, 2.75) is 60.3 Å². The Hall–Kier alpha value is 0. The standard InChI is InChI=1S/C14H28/c1-6-8-14-9-13(7-2)11(4)10(3)12(14)5/h10-14H,6-9H2,1-5H3/t10-,11+,12+,13-,14+/m0/s1. The van der Waals surface area contributed by atoms with Gasteiger partial charge < -0.3 is 0 Å². The normalized spacial score (nSPS) is 43.9. The molecule has 0 aromatic carbocycles. The second-order valence-corrected chi connectivity index (χ2v) is 5.53. The summed E-state index contributed by atoms with van der Waals surface area (Å²) < 4.78 is 0. The lowest BCUT2D eigenvalue weighted by molar-refractivity contribution is 0.0598. The first kappa shape index (κ1) is 12.1.